The molecule has 1 unspecified atom stereocenters. The summed E-state index contributed by atoms with van der Waals surface area (Å²) in [5.74, 6) is -1.12. The van der Waals surface area contributed by atoms with Crippen LogP contribution in [-0.2, 0) is 0 Å². The minimum absolute atomic E-state index is 0.404. The van der Waals surface area contributed by atoms with E-state index in [0.29, 0.717) is 6.42 Å². The highest BCUT2D eigenvalue weighted by atomic mass is 31.2. The first kappa shape index (κ1) is 15.1. The Morgan fingerprint density at radius 2 is 1.35 bits per heavy atom. The molecule has 0 saturated heterocycles. The topological polar surface area (TPSA) is 0 Å². The summed E-state index contributed by atoms with van der Waals surface area (Å²) >= 11 is 0. The maximum atomic E-state index is 14.9. The summed E-state index contributed by atoms with van der Waals surface area (Å²) < 4.78 is 29.0. The number of alkyl halides is 2. The van der Waals surface area contributed by atoms with Gasteiger partial charge in [0.2, 0.25) is 12.3 Å². The summed E-state index contributed by atoms with van der Waals surface area (Å²) in [6.45, 7) is 1.94. The van der Waals surface area contributed by atoms with Gasteiger partial charge in [-0.25, -0.2) is 8.78 Å². The van der Waals surface area contributed by atoms with Crippen molar-refractivity contribution in [3.8, 4) is 0 Å². The number of halogens is 2. The molecule has 0 aliphatic carbocycles. The number of benzene rings is 2. The fraction of sp³-hybridized carbons (Fsp3) is 0.294. The Hall–Kier alpha value is -1.27. The summed E-state index contributed by atoms with van der Waals surface area (Å²) in [6.07, 6.45) is 0.506. The monoisotopic (exact) mass is 293 g/mol. The molecule has 1 atom stereocenters. The lowest BCUT2D eigenvalue weighted by Gasteiger charge is -2.27. The van der Waals surface area contributed by atoms with Crippen molar-refractivity contribution < 1.29 is 8.78 Å². The molecule has 0 bridgehead atoms. The summed E-state index contributed by atoms with van der Waals surface area (Å²) in [6, 6.07) is 18.7. The smallest absolute Gasteiger partial charge is 0.205 e. The maximum Gasteiger partial charge on any atom is 0.217 e. The molecule has 0 aliphatic rings. The average Bonchev–Trinajstić information content (AvgIpc) is 2.51. The third-order valence-corrected chi connectivity index (χ3v) is 7.66. The summed E-state index contributed by atoms with van der Waals surface area (Å²) in [4.78, 5) is 0. The molecule has 2 aromatic rings. The minimum atomic E-state index is -2.62. The molecule has 0 heterocycles. The van der Waals surface area contributed by atoms with E-state index in [9.17, 15) is 8.78 Å². The summed E-state index contributed by atoms with van der Waals surface area (Å²) in [5, 5.41) is 1.63. The Morgan fingerprint density at radius 1 is 0.900 bits per heavy atom. The second-order valence-electron chi connectivity index (χ2n) is 4.88. The molecule has 3 heteroatoms. The van der Waals surface area contributed by atoms with Crippen LogP contribution in [0.3, 0.4) is 0 Å². The van der Waals surface area contributed by atoms with Gasteiger partial charge in [0.05, 0.1) is 0 Å². The fourth-order valence-corrected chi connectivity index (χ4v) is 6.01. The van der Waals surface area contributed by atoms with Gasteiger partial charge in [0.1, 0.15) is 17.9 Å². The first-order valence-electron chi connectivity index (χ1n) is 6.94. The van der Waals surface area contributed by atoms with Gasteiger partial charge in [-0.15, -0.1) is 0 Å². The van der Waals surface area contributed by atoms with Crippen molar-refractivity contribution in [2.45, 2.75) is 25.7 Å². The Bertz CT molecular complexity index is 474. The lowest BCUT2D eigenvalue weighted by atomic mass is 10.4. The van der Waals surface area contributed by atoms with E-state index in [-0.39, 0.29) is 0 Å². The van der Waals surface area contributed by atoms with Gasteiger partial charge in [-0.1, -0.05) is 43.3 Å². The zero-order valence-corrected chi connectivity index (χ0v) is 12.6. The van der Waals surface area contributed by atoms with E-state index in [1.807, 2.05) is 67.6 Å². The van der Waals surface area contributed by atoms with Crippen LogP contribution in [0.1, 0.15) is 19.8 Å². The van der Waals surface area contributed by atoms with Crippen molar-refractivity contribution in [2.24, 2.45) is 0 Å². The van der Waals surface area contributed by atoms with Crippen LogP contribution in [0, 0.1) is 0 Å². The molecule has 20 heavy (non-hydrogen) atoms. The third kappa shape index (κ3) is 2.76. The average molecular weight is 293 g/mol. The molecule has 0 radical (unpaired) electrons. The van der Waals surface area contributed by atoms with E-state index in [1.165, 1.54) is 0 Å². The van der Waals surface area contributed by atoms with Crippen LogP contribution >= 0.6 is 7.26 Å². The Balaban J connectivity index is 2.58. The van der Waals surface area contributed by atoms with Crippen LogP contribution in [0.15, 0.2) is 60.7 Å². The van der Waals surface area contributed by atoms with E-state index in [0.717, 1.165) is 17.0 Å². The molecule has 0 amide bonds. The van der Waals surface area contributed by atoms with Gasteiger partial charge < -0.3 is 0 Å². The maximum absolute atomic E-state index is 14.9. The zero-order chi connectivity index (χ0) is 14.4. The van der Waals surface area contributed by atoms with Crippen molar-refractivity contribution in [3.63, 3.8) is 0 Å². The number of hydrogen-bond acceptors (Lipinski definition) is 0. The largest absolute Gasteiger partial charge is 0.217 e. The zero-order valence-electron chi connectivity index (χ0n) is 11.7. The van der Waals surface area contributed by atoms with Crippen molar-refractivity contribution in [1.82, 2.24) is 0 Å². The second-order valence-corrected chi connectivity index (χ2v) is 8.45. The highest BCUT2D eigenvalue weighted by Crippen LogP contribution is 2.62. The first-order chi connectivity index (χ1) is 9.75. The predicted octanol–water partition coefficient (Wildman–Crippen LogP) is 4.68. The van der Waals surface area contributed by atoms with Crippen LogP contribution < -0.4 is 10.6 Å². The lowest BCUT2D eigenvalue weighted by Crippen LogP contribution is -2.30. The minimum Gasteiger partial charge on any atom is -0.205 e. The van der Waals surface area contributed by atoms with Gasteiger partial charge in [0.25, 0.3) is 0 Å². The van der Waals surface area contributed by atoms with Crippen LogP contribution in [0.5, 0.6) is 0 Å². The van der Waals surface area contributed by atoms with Gasteiger partial charge in [-0.05, 0) is 30.7 Å². The van der Waals surface area contributed by atoms with Crippen LogP contribution in [0.2, 0.25) is 0 Å². The van der Waals surface area contributed by atoms with Crippen molar-refractivity contribution in [2.75, 3.05) is 6.42 Å². The van der Waals surface area contributed by atoms with E-state index in [4.69, 9.17) is 0 Å². The first-order valence-corrected chi connectivity index (χ1v) is 8.99. The Morgan fingerprint density at radius 3 is 1.70 bits per heavy atom. The quantitative estimate of drug-likeness (QED) is 0.678. The molecule has 2 aromatic carbocycles. The molecule has 0 fully saturated rings. The van der Waals surface area contributed by atoms with Gasteiger partial charge in [-0.3, -0.25) is 0 Å². The van der Waals surface area contributed by atoms with Crippen LogP contribution in [0.25, 0.3) is 0 Å². The second kappa shape index (κ2) is 6.95. The lowest BCUT2D eigenvalue weighted by molar-refractivity contribution is 0.411. The molecule has 0 saturated carbocycles. The Labute approximate surface area is 120 Å². The molecule has 0 aromatic heterocycles. The predicted molar refractivity (Wildman–Crippen MR) is 84.9 cm³/mol. The van der Waals surface area contributed by atoms with E-state index in [2.05, 4.69) is 0 Å². The normalized spacial score (nSPS) is 13.2. The molecule has 0 N–H and O–H groups in total. The standard InChI is InChI=1S/C17H20F2P/c1-2-9-17(19)20(14-18,15-10-5-3-6-11-15)16-12-7-4-8-13-16/h3-8,10-13,17H,2,9,14H2,1H3/q+1. The van der Waals surface area contributed by atoms with Crippen molar-refractivity contribution in [3.05, 3.63) is 60.7 Å². The highest BCUT2D eigenvalue weighted by molar-refractivity contribution is 7.89. The third-order valence-electron chi connectivity index (χ3n) is 3.63. The van der Waals surface area contributed by atoms with Crippen molar-refractivity contribution >= 4 is 17.9 Å². The summed E-state index contributed by atoms with van der Waals surface area (Å²) in [5.41, 5.74) is 0. The summed E-state index contributed by atoms with van der Waals surface area (Å²) in [7, 11) is -2.62. The number of hydrogen-bond donors (Lipinski definition) is 0. The van der Waals surface area contributed by atoms with E-state index >= 15 is 0 Å². The van der Waals surface area contributed by atoms with Gasteiger partial charge >= 0.3 is 0 Å². The highest BCUT2D eigenvalue weighted by Gasteiger charge is 2.50. The van der Waals surface area contributed by atoms with Crippen molar-refractivity contribution in [1.29, 1.82) is 0 Å². The van der Waals surface area contributed by atoms with E-state index < -0.39 is 19.6 Å². The Kier molecular flexibility index (Phi) is 5.25. The van der Waals surface area contributed by atoms with E-state index in [1.54, 1.807) is 0 Å². The van der Waals surface area contributed by atoms with Crippen LogP contribution in [0.4, 0.5) is 8.78 Å². The fourth-order valence-electron chi connectivity index (χ4n) is 2.53. The number of rotatable bonds is 6. The molecular formula is C17H20F2P+. The van der Waals surface area contributed by atoms with Crippen LogP contribution in [-0.4, -0.2) is 12.3 Å². The molecule has 2 rings (SSSR count). The van der Waals surface area contributed by atoms with Gasteiger partial charge in [0, 0.05) is 6.42 Å². The van der Waals surface area contributed by atoms with Gasteiger partial charge in [-0.2, -0.15) is 0 Å². The SMILES string of the molecule is CCCC(F)[P+](CF)(c1ccccc1)c1ccccc1. The molecule has 0 nitrogen and oxygen atoms in total. The van der Waals surface area contributed by atoms with Gasteiger partial charge in [0.15, 0.2) is 0 Å². The molecule has 106 valence electrons. The molecule has 0 aliphatic heterocycles. The molecule has 0 spiro atoms. The molecular weight excluding hydrogens is 273 g/mol.